The van der Waals surface area contributed by atoms with Crippen LogP contribution in [0.2, 0.25) is 0 Å². The molecule has 1 aromatic carbocycles. The van der Waals surface area contributed by atoms with Gasteiger partial charge in [-0.15, -0.1) is 0 Å². The molecular weight excluding hydrogens is 320 g/mol. The molecule has 1 saturated heterocycles. The monoisotopic (exact) mass is 344 g/mol. The fourth-order valence-corrected chi connectivity index (χ4v) is 3.37. The van der Waals surface area contributed by atoms with Crippen LogP contribution >= 0.6 is 0 Å². The lowest BCUT2D eigenvalue weighted by Gasteiger charge is -2.33. The minimum Gasteiger partial charge on any atom is -0.467 e. The molecule has 1 aliphatic heterocycles. The van der Waals surface area contributed by atoms with Crippen molar-refractivity contribution < 1.29 is 19.1 Å². The number of methoxy groups -OCH3 is 1. The number of rotatable bonds is 4. The van der Waals surface area contributed by atoms with Crippen LogP contribution in [-0.4, -0.2) is 42.4 Å². The Labute approximate surface area is 147 Å². The summed E-state index contributed by atoms with van der Waals surface area (Å²) in [5.41, 5.74) is 1.08. The van der Waals surface area contributed by atoms with Crippen molar-refractivity contribution in [3.8, 4) is 0 Å². The van der Waals surface area contributed by atoms with Gasteiger partial charge in [-0.1, -0.05) is 13.0 Å². The highest BCUT2D eigenvalue weighted by atomic mass is 16.5. The van der Waals surface area contributed by atoms with Gasteiger partial charge < -0.3 is 15.0 Å². The molecule has 6 heteroatoms. The lowest BCUT2D eigenvalue weighted by molar-refractivity contribution is -0.147. The van der Waals surface area contributed by atoms with Crippen LogP contribution < -0.4 is 5.32 Å². The largest absolute Gasteiger partial charge is 0.467 e. The maximum absolute atomic E-state index is 12.9. The Balaban J connectivity index is 1.73. The van der Waals surface area contributed by atoms with Gasteiger partial charge in [-0.25, -0.2) is 4.79 Å². The summed E-state index contributed by atoms with van der Waals surface area (Å²) < 4.78 is 4.84. The number of likely N-dealkylation sites (tertiary alicyclic amines) is 1. The lowest BCUT2D eigenvalue weighted by Crippen LogP contribution is -2.48. The van der Waals surface area contributed by atoms with Crippen molar-refractivity contribution in [2.24, 2.45) is 11.8 Å². The van der Waals surface area contributed by atoms with Gasteiger partial charge >= 0.3 is 5.97 Å². The molecular formula is C19H24N2O4. The van der Waals surface area contributed by atoms with Crippen LogP contribution in [0.15, 0.2) is 24.3 Å². The molecule has 0 spiro atoms. The molecule has 3 atom stereocenters. The molecule has 0 unspecified atom stereocenters. The molecule has 1 N–H and O–H groups in total. The van der Waals surface area contributed by atoms with E-state index in [9.17, 15) is 14.4 Å². The zero-order chi connectivity index (χ0) is 18.0. The van der Waals surface area contributed by atoms with Crippen LogP contribution in [0.5, 0.6) is 0 Å². The summed E-state index contributed by atoms with van der Waals surface area (Å²) in [5.74, 6) is -0.0714. The third-order valence-electron chi connectivity index (χ3n) is 5.06. The molecule has 25 heavy (non-hydrogen) atoms. The van der Waals surface area contributed by atoms with Gasteiger partial charge in [-0.3, -0.25) is 9.59 Å². The van der Waals surface area contributed by atoms with E-state index >= 15 is 0 Å². The summed E-state index contributed by atoms with van der Waals surface area (Å²) >= 11 is 0. The molecule has 1 aliphatic carbocycles. The average molecular weight is 344 g/mol. The topological polar surface area (TPSA) is 75.7 Å². The average Bonchev–Trinajstić information content (AvgIpc) is 3.37. The van der Waals surface area contributed by atoms with E-state index in [1.807, 2.05) is 6.92 Å². The van der Waals surface area contributed by atoms with Crippen molar-refractivity contribution in [1.29, 1.82) is 0 Å². The Hall–Kier alpha value is -2.37. The van der Waals surface area contributed by atoms with E-state index in [4.69, 9.17) is 4.74 Å². The summed E-state index contributed by atoms with van der Waals surface area (Å²) in [6.07, 6.45) is 3.31. The van der Waals surface area contributed by atoms with Crippen LogP contribution in [0.1, 0.15) is 43.0 Å². The van der Waals surface area contributed by atoms with Gasteiger partial charge in [-0.05, 0) is 49.8 Å². The van der Waals surface area contributed by atoms with Gasteiger partial charge in [0.15, 0.2) is 0 Å². The fourth-order valence-electron chi connectivity index (χ4n) is 3.37. The highest BCUT2D eigenvalue weighted by Crippen LogP contribution is 2.38. The summed E-state index contributed by atoms with van der Waals surface area (Å²) in [7, 11) is 1.34. The first-order valence-corrected chi connectivity index (χ1v) is 8.81. The van der Waals surface area contributed by atoms with Crippen LogP contribution in [0.3, 0.4) is 0 Å². The van der Waals surface area contributed by atoms with E-state index in [-0.39, 0.29) is 23.7 Å². The maximum Gasteiger partial charge on any atom is 0.328 e. The van der Waals surface area contributed by atoms with Gasteiger partial charge in [-0.2, -0.15) is 0 Å². The summed E-state index contributed by atoms with van der Waals surface area (Å²) in [5, 5.41) is 2.88. The van der Waals surface area contributed by atoms with Gasteiger partial charge in [0.05, 0.1) is 7.11 Å². The first-order valence-electron chi connectivity index (χ1n) is 8.81. The Kier molecular flexibility index (Phi) is 5.06. The second-order valence-corrected chi connectivity index (χ2v) is 6.92. The lowest BCUT2D eigenvalue weighted by atomic mass is 10.0. The van der Waals surface area contributed by atoms with E-state index in [2.05, 4.69) is 5.32 Å². The minimum absolute atomic E-state index is 0.00232. The molecule has 0 bridgehead atoms. The Morgan fingerprint density at radius 2 is 2.00 bits per heavy atom. The number of nitrogens with zero attached hydrogens (tertiary/aromatic N) is 1. The zero-order valence-corrected chi connectivity index (χ0v) is 14.7. The van der Waals surface area contributed by atoms with Gasteiger partial charge in [0.25, 0.3) is 5.91 Å². The third kappa shape index (κ3) is 3.83. The number of ether oxygens (including phenoxy) is 1. The molecule has 3 rings (SSSR count). The number of esters is 1. The van der Waals surface area contributed by atoms with Crippen molar-refractivity contribution in [3.63, 3.8) is 0 Å². The van der Waals surface area contributed by atoms with E-state index in [0.717, 1.165) is 19.3 Å². The number of benzene rings is 1. The van der Waals surface area contributed by atoms with Crippen LogP contribution in [0.4, 0.5) is 5.69 Å². The van der Waals surface area contributed by atoms with Crippen molar-refractivity contribution in [3.05, 3.63) is 29.8 Å². The SMILES string of the molecule is COC(=O)[C@@H]1CCCCN1C(=O)c1cccc(NC(=O)[C@H]2C[C@H]2C)c1. The van der Waals surface area contributed by atoms with Gasteiger partial charge in [0.1, 0.15) is 6.04 Å². The predicted octanol–water partition coefficient (Wildman–Crippen LogP) is 2.45. The third-order valence-corrected chi connectivity index (χ3v) is 5.06. The second kappa shape index (κ2) is 7.25. The first-order chi connectivity index (χ1) is 12.0. The Morgan fingerprint density at radius 1 is 1.24 bits per heavy atom. The molecule has 1 aromatic rings. The molecule has 134 valence electrons. The van der Waals surface area contributed by atoms with E-state index in [0.29, 0.717) is 30.1 Å². The van der Waals surface area contributed by atoms with Crippen LogP contribution in [-0.2, 0) is 14.3 Å². The molecule has 6 nitrogen and oxygen atoms in total. The number of anilines is 1. The van der Waals surface area contributed by atoms with Gasteiger partial charge in [0, 0.05) is 23.7 Å². The molecule has 0 aromatic heterocycles. The number of hydrogen-bond donors (Lipinski definition) is 1. The Bertz CT molecular complexity index is 688. The smallest absolute Gasteiger partial charge is 0.328 e. The Morgan fingerprint density at radius 3 is 2.68 bits per heavy atom. The zero-order valence-electron chi connectivity index (χ0n) is 14.7. The number of piperidine rings is 1. The van der Waals surface area contributed by atoms with Crippen molar-refractivity contribution in [1.82, 2.24) is 4.90 Å². The second-order valence-electron chi connectivity index (χ2n) is 6.92. The van der Waals surface area contributed by atoms with E-state index in [1.165, 1.54) is 7.11 Å². The standard InChI is InChI=1S/C19H24N2O4/c1-12-10-15(12)17(22)20-14-7-5-6-13(11-14)18(23)21-9-4-3-8-16(21)19(24)25-2/h5-7,11-12,15-16H,3-4,8-10H2,1-2H3,(H,20,22)/t12-,15+,16+/m1/s1. The fraction of sp³-hybridized carbons (Fsp3) is 0.526. The molecule has 0 radical (unpaired) electrons. The summed E-state index contributed by atoms with van der Waals surface area (Å²) in [6.45, 7) is 2.59. The molecule has 2 aliphatic rings. The van der Waals surface area contributed by atoms with Gasteiger partial charge in [0.2, 0.25) is 5.91 Å². The number of carbonyl (C=O) groups excluding carboxylic acids is 3. The van der Waals surface area contributed by atoms with E-state index < -0.39 is 6.04 Å². The molecule has 1 heterocycles. The van der Waals surface area contributed by atoms with Crippen molar-refractivity contribution in [2.75, 3.05) is 19.0 Å². The molecule has 2 fully saturated rings. The number of hydrogen-bond acceptors (Lipinski definition) is 4. The normalized spacial score (nSPS) is 25.2. The summed E-state index contributed by atoms with van der Waals surface area (Å²) in [4.78, 5) is 38.5. The first kappa shape index (κ1) is 17.5. The van der Waals surface area contributed by atoms with E-state index in [1.54, 1.807) is 29.2 Å². The summed E-state index contributed by atoms with van der Waals surface area (Å²) in [6, 6.07) is 6.37. The number of carbonyl (C=O) groups is 3. The molecule has 2 amide bonds. The maximum atomic E-state index is 12.9. The minimum atomic E-state index is -0.531. The van der Waals surface area contributed by atoms with Crippen LogP contribution in [0, 0.1) is 11.8 Å². The number of nitrogens with one attached hydrogen (secondary N) is 1. The highest BCUT2D eigenvalue weighted by molar-refractivity contribution is 5.99. The van der Waals surface area contributed by atoms with Crippen LogP contribution in [0.25, 0.3) is 0 Å². The molecule has 1 saturated carbocycles. The van der Waals surface area contributed by atoms with Crippen molar-refractivity contribution in [2.45, 2.75) is 38.6 Å². The highest BCUT2D eigenvalue weighted by Gasteiger charge is 2.39. The number of amides is 2. The quantitative estimate of drug-likeness (QED) is 0.851. The predicted molar refractivity (Wildman–Crippen MR) is 93.0 cm³/mol. The van der Waals surface area contributed by atoms with Crippen molar-refractivity contribution >= 4 is 23.5 Å².